The molecule has 0 fully saturated rings. The predicted molar refractivity (Wildman–Crippen MR) is 47.0 cm³/mol. The molecule has 0 amide bonds. The molecule has 1 radical (unpaired) electrons. The first-order valence-corrected chi connectivity index (χ1v) is 3.94. The van der Waals surface area contributed by atoms with Crippen molar-refractivity contribution in [2.75, 3.05) is 0 Å². The SMILES string of the molecule is CC(C)C(C)(C)C(C)(C)[NH-].[Ta]. The van der Waals surface area contributed by atoms with E-state index in [1.54, 1.807) is 0 Å². The van der Waals surface area contributed by atoms with Gasteiger partial charge in [-0.05, 0) is 11.3 Å². The summed E-state index contributed by atoms with van der Waals surface area (Å²) in [4.78, 5) is 0. The van der Waals surface area contributed by atoms with E-state index in [2.05, 4.69) is 27.7 Å². The quantitative estimate of drug-likeness (QED) is 0.743. The molecule has 0 aliphatic carbocycles. The Hall–Kier alpha value is 0.700. The largest absolute Gasteiger partial charge is 0.672 e. The van der Waals surface area contributed by atoms with Crippen molar-refractivity contribution in [1.29, 1.82) is 0 Å². The molecule has 0 aliphatic rings. The molecule has 0 atom stereocenters. The fourth-order valence-corrected chi connectivity index (χ4v) is 0.722. The Kier molecular flexibility index (Phi) is 5.29. The average molecular weight is 323 g/mol. The Labute approximate surface area is 86.6 Å². The van der Waals surface area contributed by atoms with Crippen LogP contribution in [0.25, 0.3) is 5.73 Å². The molecule has 0 heterocycles. The molecule has 0 aromatic rings. The molecule has 0 saturated carbocycles. The maximum atomic E-state index is 7.86. The summed E-state index contributed by atoms with van der Waals surface area (Å²) in [6, 6.07) is 0. The summed E-state index contributed by atoms with van der Waals surface area (Å²) < 4.78 is 0. The maximum Gasteiger partial charge on any atom is 0 e. The van der Waals surface area contributed by atoms with Gasteiger partial charge in [-0.25, -0.2) is 0 Å². The monoisotopic (exact) mass is 323 g/mol. The minimum absolute atomic E-state index is 0. The topological polar surface area (TPSA) is 23.8 Å². The zero-order valence-corrected chi connectivity index (χ0v) is 11.7. The van der Waals surface area contributed by atoms with Gasteiger partial charge in [0.25, 0.3) is 0 Å². The van der Waals surface area contributed by atoms with Gasteiger partial charge in [0.05, 0.1) is 0 Å². The third-order valence-electron chi connectivity index (χ3n) is 3.05. The van der Waals surface area contributed by atoms with E-state index in [0.717, 1.165) is 0 Å². The van der Waals surface area contributed by atoms with E-state index in [4.69, 9.17) is 5.73 Å². The van der Waals surface area contributed by atoms with E-state index in [1.165, 1.54) is 0 Å². The second kappa shape index (κ2) is 4.08. The van der Waals surface area contributed by atoms with Gasteiger partial charge in [0.15, 0.2) is 0 Å². The minimum Gasteiger partial charge on any atom is -0.672 e. The van der Waals surface area contributed by atoms with Crippen molar-refractivity contribution in [3.63, 3.8) is 0 Å². The van der Waals surface area contributed by atoms with Gasteiger partial charge < -0.3 is 5.73 Å². The zero-order chi connectivity index (χ0) is 8.58. The van der Waals surface area contributed by atoms with Crippen LogP contribution in [0.1, 0.15) is 41.5 Å². The smallest absolute Gasteiger partial charge is 0 e. The number of hydrogen-bond acceptors (Lipinski definition) is 0. The molecule has 0 saturated heterocycles. The van der Waals surface area contributed by atoms with E-state index >= 15 is 0 Å². The van der Waals surface area contributed by atoms with Crippen molar-refractivity contribution in [3.8, 4) is 0 Å². The summed E-state index contributed by atoms with van der Waals surface area (Å²) in [6.45, 7) is 12.6. The van der Waals surface area contributed by atoms with Crippen LogP contribution in [-0.2, 0) is 22.4 Å². The van der Waals surface area contributed by atoms with Crippen LogP contribution in [-0.4, -0.2) is 5.54 Å². The molecule has 1 N–H and O–H groups in total. The van der Waals surface area contributed by atoms with Crippen LogP contribution in [0.3, 0.4) is 0 Å². The Balaban J connectivity index is 0. The third-order valence-corrected chi connectivity index (χ3v) is 3.05. The first kappa shape index (κ1) is 14.2. The fourth-order valence-electron chi connectivity index (χ4n) is 0.722. The summed E-state index contributed by atoms with van der Waals surface area (Å²) in [5.41, 5.74) is 7.64. The first-order chi connectivity index (χ1) is 4.19. The fraction of sp³-hybridized carbons (Fsp3) is 1.00. The third kappa shape index (κ3) is 3.29. The molecule has 0 aromatic carbocycles. The maximum absolute atomic E-state index is 7.86. The second-order valence-electron chi connectivity index (χ2n) is 4.50. The van der Waals surface area contributed by atoms with Gasteiger partial charge in [-0.1, -0.05) is 41.5 Å². The minimum atomic E-state index is -0.332. The predicted octanol–water partition coefficient (Wildman–Crippen LogP) is 3.50. The molecule has 0 unspecified atom stereocenters. The van der Waals surface area contributed by atoms with Crippen LogP contribution < -0.4 is 0 Å². The Morgan fingerprint density at radius 2 is 1.27 bits per heavy atom. The molecule has 11 heavy (non-hydrogen) atoms. The van der Waals surface area contributed by atoms with Gasteiger partial charge in [-0.15, -0.1) is 5.54 Å². The number of nitrogens with one attached hydrogen (secondary N) is 1. The molecule has 0 bridgehead atoms. The van der Waals surface area contributed by atoms with Crippen LogP contribution in [0.5, 0.6) is 0 Å². The summed E-state index contributed by atoms with van der Waals surface area (Å²) in [5, 5.41) is 0. The van der Waals surface area contributed by atoms with Gasteiger partial charge in [0.2, 0.25) is 0 Å². The van der Waals surface area contributed by atoms with Gasteiger partial charge in [-0.2, -0.15) is 0 Å². The Morgan fingerprint density at radius 3 is 1.27 bits per heavy atom. The summed E-state index contributed by atoms with van der Waals surface area (Å²) >= 11 is 0. The zero-order valence-electron chi connectivity index (χ0n) is 8.52. The molecule has 0 spiro atoms. The molecule has 0 aromatic heterocycles. The van der Waals surface area contributed by atoms with Crippen LogP contribution >= 0.6 is 0 Å². The summed E-state index contributed by atoms with van der Waals surface area (Å²) in [6.07, 6.45) is 0. The van der Waals surface area contributed by atoms with Crippen molar-refractivity contribution >= 4 is 0 Å². The average Bonchev–Trinajstić information content (AvgIpc) is 1.62. The number of hydrogen-bond donors (Lipinski definition) is 0. The Morgan fingerprint density at radius 1 is 1.00 bits per heavy atom. The second-order valence-corrected chi connectivity index (χ2v) is 4.50. The van der Waals surface area contributed by atoms with Gasteiger partial charge in [-0.3, -0.25) is 0 Å². The molecule has 1 nitrogen and oxygen atoms in total. The molecular weight excluding hydrogens is 303 g/mol. The van der Waals surface area contributed by atoms with Crippen molar-refractivity contribution in [2.45, 2.75) is 47.1 Å². The van der Waals surface area contributed by atoms with E-state index in [0.29, 0.717) is 5.92 Å². The van der Waals surface area contributed by atoms with Crippen molar-refractivity contribution in [2.24, 2.45) is 11.3 Å². The normalized spacial score (nSPS) is 13.1. The van der Waals surface area contributed by atoms with Crippen LogP contribution in [0.2, 0.25) is 0 Å². The number of rotatable bonds is 2. The van der Waals surface area contributed by atoms with Gasteiger partial charge in [0, 0.05) is 22.4 Å². The van der Waals surface area contributed by atoms with Gasteiger partial charge in [0.1, 0.15) is 0 Å². The van der Waals surface area contributed by atoms with Crippen LogP contribution in [0.15, 0.2) is 0 Å². The first-order valence-electron chi connectivity index (χ1n) is 3.94. The van der Waals surface area contributed by atoms with E-state index in [9.17, 15) is 0 Å². The van der Waals surface area contributed by atoms with E-state index in [-0.39, 0.29) is 33.3 Å². The van der Waals surface area contributed by atoms with Crippen LogP contribution in [0.4, 0.5) is 0 Å². The molecular formula is C9H20NTa-. The van der Waals surface area contributed by atoms with Gasteiger partial charge >= 0.3 is 0 Å². The summed E-state index contributed by atoms with van der Waals surface area (Å²) in [5.74, 6) is 0.569. The van der Waals surface area contributed by atoms with E-state index in [1.807, 2.05) is 13.8 Å². The van der Waals surface area contributed by atoms with E-state index < -0.39 is 0 Å². The Bertz CT molecular complexity index is 111. The van der Waals surface area contributed by atoms with Crippen molar-refractivity contribution < 1.29 is 22.4 Å². The molecule has 2 heteroatoms. The summed E-state index contributed by atoms with van der Waals surface area (Å²) in [7, 11) is 0. The molecule has 0 aliphatic heterocycles. The molecule has 0 rings (SSSR count). The van der Waals surface area contributed by atoms with Crippen molar-refractivity contribution in [1.82, 2.24) is 0 Å². The van der Waals surface area contributed by atoms with Crippen LogP contribution in [0, 0.1) is 11.3 Å². The molecule has 67 valence electrons. The standard InChI is InChI=1S/C9H20N.Ta/c1-7(2)8(3,4)9(5,6)10;/h7,10H,1-6H3;/q-1;. The van der Waals surface area contributed by atoms with Crippen molar-refractivity contribution in [3.05, 3.63) is 5.73 Å².